The van der Waals surface area contributed by atoms with Crippen molar-refractivity contribution in [3.05, 3.63) is 16.8 Å². The molecule has 0 unspecified atom stereocenters. The van der Waals surface area contributed by atoms with Crippen molar-refractivity contribution >= 4 is 27.4 Å². The molecule has 28 heavy (non-hydrogen) atoms. The van der Waals surface area contributed by atoms with Crippen LogP contribution in [0.2, 0.25) is 0 Å². The first-order valence-corrected chi connectivity index (χ1v) is 11.4. The topological polar surface area (TPSA) is 74.1 Å². The molecular weight excluding hydrogens is 370 g/mol. The zero-order valence-corrected chi connectivity index (χ0v) is 17.0. The van der Waals surface area contributed by atoms with E-state index in [1.165, 1.54) is 41.5 Å². The highest BCUT2D eigenvalue weighted by Gasteiger charge is 2.31. The Morgan fingerprint density at radius 1 is 1.18 bits per heavy atom. The van der Waals surface area contributed by atoms with E-state index in [1.54, 1.807) is 17.7 Å². The molecule has 1 aliphatic heterocycles. The second kappa shape index (κ2) is 7.94. The quantitative estimate of drug-likeness (QED) is 0.848. The first-order chi connectivity index (χ1) is 13.8. The Bertz CT molecular complexity index is 877. The number of morpholine rings is 1. The Morgan fingerprint density at radius 2 is 2.00 bits per heavy atom. The Morgan fingerprint density at radius 3 is 2.79 bits per heavy atom. The summed E-state index contributed by atoms with van der Waals surface area (Å²) in [7, 11) is 0. The minimum Gasteiger partial charge on any atom is -0.379 e. The molecule has 1 saturated carbocycles. The summed E-state index contributed by atoms with van der Waals surface area (Å²) in [6, 6.07) is 3.55. The molecule has 7 heteroatoms. The van der Waals surface area contributed by atoms with Gasteiger partial charge < -0.3 is 10.1 Å². The van der Waals surface area contributed by atoms with Crippen LogP contribution in [-0.4, -0.2) is 53.3 Å². The van der Waals surface area contributed by atoms with Gasteiger partial charge in [0, 0.05) is 36.5 Å². The van der Waals surface area contributed by atoms with Gasteiger partial charge in [-0.05, 0) is 50.0 Å². The van der Waals surface area contributed by atoms with Crippen molar-refractivity contribution in [2.45, 2.75) is 62.9 Å². The van der Waals surface area contributed by atoms with Crippen LogP contribution in [0.3, 0.4) is 0 Å². The van der Waals surface area contributed by atoms with Gasteiger partial charge in [-0.3, -0.25) is 4.90 Å². The molecule has 1 saturated heterocycles. The molecule has 2 fully saturated rings. The summed E-state index contributed by atoms with van der Waals surface area (Å²) in [5, 5.41) is 14.2. The Kier molecular flexibility index (Phi) is 5.19. The molecular formula is C21H27N5OS. The van der Waals surface area contributed by atoms with Gasteiger partial charge in [0.25, 0.3) is 0 Å². The van der Waals surface area contributed by atoms with Crippen LogP contribution >= 0.6 is 11.3 Å². The third-order valence-electron chi connectivity index (χ3n) is 6.67. The zero-order valence-electron chi connectivity index (χ0n) is 16.2. The molecule has 2 aromatic heterocycles. The van der Waals surface area contributed by atoms with Crippen molar-refractivity contribution in [3.63, 3.8) is 0 Å². The molecule has 3 heterocycles. The Labute approximate surface area is 169 Å². The standard InChI is InChI=1S/C21H27N5OS/c22-8-7-14-1-6-17-18(14)19-20(23-13-24-21(19)28-17)25-15-2-4-16(5-3-15)26-9-11-27-12-10-26/h13-16H,1-7,9-12H2,(H,23,24,25)/t14-,15-,16-/m1/s1. The van der Waals surface area contributed by atoms with Gasteiger partial charge in [-0.25, -0.2) is 9.97 Å². The Balaban J connectivity index is 1.32. The number of rotatable bonds is 4. The molecule has 0 amide bonds. The lowest BCUT2D eigenvalue weighted by Gasteiger charge is -2.39. The zero-order chi connectivity index (χ0) is 18.9. The number of ether oxygens (including phenoxy) is 1. The lowest BCUT2D eigenvalue weighted by molar-refractivity contribution is 0.00791. The summed E-state index contributed by atoms with van der Waals surface area (Å²) in [6.07, 6.45) is 9.29. The van der Waals surface area contributed by atoms with Crippen molar-refractivity contribution in [1.29, 1.82) is 5.26 Å². The van der Waals surface area contributed by atoms with Crippen LogP contribution < -0.4 is 5.32 Å². The number of anilines is 1. The van der Waals surface area contributed by atoms with E-state index in [-0.39, 0.29) is 0 Å². The number of nitrogens with zero attached hydrogens (tertiary/aromatic N) is 4. The van der Waals surface area contributed by atoms with Crippen LogP contribution in [0.15, 0.2) is 6.33 Å². The maximum atomic E-state index is 9.22. The van der Waals surface area contributed by atoms with Crippen molar-refractivity contribution in [1.82, 2.24) is 14.9 Å². The van der Waals surface area contributed by atoms with Crippen molar-refractivity contribution < 1.29 is 4.74 Å². The molecule has 2 aromatic rings. The van der Waals surface area contributed by atoms with Crippen LogP contribution in [-0.2, 0) is 11.2 Å². The third kappa shape index (κ3) is 3.38. The van der Waals surface area contributed by atoms with E-state index in [9.17, 15) is 5.26 Å². The van der Waals surface area contributed by atoms with Gasteiger partial charge in [0.1, 0.15) is 17.0 Å². The van der Waals surface area contributed by atoms with Crippen LogP contribution in [0.5, 0.6) is 0 Å². The molecule has 2 aliphatic carbocycles. The predicted octanol–water partition coefficient (Wildman–Crippen LogP) is 3.69. The van der Waals surface area contributed by atoms with Gasteiger partial charge in [0.2, 0.25) is 0 Å². The summed E-state index contributed by atoms with van der Waals surface area (Å²) in [6.45, 7) is 3.92. The highest BCUT2D eigenvalue weighted by Crippen LogP contribution is 2.46. The van der Waals surface area contributed by atoms with Gasteiger partial charge in [-0.1, -0.05) is 0 Å². The summed E-state index contributed by atoms with van der Waals surface area (Å²) < 4.78 is 5.50. The molecule has 1 atom stereocenters. The van der Waals surface area contributed by atoms with Crippen molar-refractivity contribution in [2.24, 2.45) is 0 Å². The highest BCUT2D eigenvalue weighted by atomic mass is 32.1. The average Bonchev–Trinajstić information content (AvgIpc) is 3.30. The first kappa shape index (κ1) is 18.3. The molecule has 5 rings (SSSR count). The van der Waals surface area contributed by atoms with Gasteiger partial charge in [0.05, 0.1) is 24.7 Å². The fourth-order valence-electron chi connectivity index (χ4n) is 5.21. The molecule has 148 valence electrons. The summed E-state index contributed by atoms with van der Waals surface area (Å²) >= 11 is 1.79. The van der Waals surface area contributed by atoms with E-state index in [2.05, 4.69) is 26.3 Å². The summed E-state index contributed by atoms with van der Waals surface area (Å²) in [5.74, 6) is 1.33. The fraction of sp³-hybridized carbons (Fsp3) is 0.667. The van der Waals surface area contributed by atoms with Gasteiger partial charge in [0.15, 0.2) is 0 Å². The smallest absolute Gasteiger partial charge is 0.138 e. The van der Waals surface area contributed by atoms with E-state index >= 15 is 0 Å². The van der Waals surface area contributed by atoms with Crippen LogP contribution in [0, 0.1) is 11.3 Å². The number of nitriles is 1. The maximum Gasteiger partial charge on any atom is 0.138 e. The highest BCUT2D eigenvalue weighted by molar-refractivity contribution is 7.19. The SMILES string of the molecule is N#CC[C@H]1CCc2sc3ncnc(N[C@H]4CC[C@H](N5CCOCC5)CC4)c3c21. The second-order valence-corrected chi connectivity index (χ2v) is 9.32. The van der Waals surface area contributed by atoms with E-state index in [1.807, 2.05) is 0 Å². The average molecular weight is 398 g/mol. The molecule has 3 aliphatic rings. The number of aryl methyl sites for hydroxylation is 1. The van der Waals surface area contributed by atoms with Crippen LogP contribution in [0.1, 0.15) is 54.9 Å². The molecule has 0 bridgehead atoms. The lowest BCUT2D eigenvalue weighted by Crippen LogP contribution is -2.46. The molecule has 0 radical (unpaired) electrons. The van der Waals surface area contributed by atoms with E-state index in [0.29, 0.717) is 24.4 Å². The maximum absolute atomic E-state index is 9.22. The van der Waals surface area contributed by atoms with Crippen LogP contribution in [0.25, 0.3) is 10.2 Å². The molecule has 1 N–H and O–H groups in total. The Hall–Kier alpha value is -1.75. The van der Waals surface area contributed by atoms with E-state index in [4.69, 9.17) is 4.74 Å². The fourth-order valence-corrected chi connectivity index (χ4v) is 6.45. The van der Waals surface area contributed by atoms with Crippen molar-refractivity contribution in [2.75, 3.05) is 31.6 Å². The lowest BCUT2D eigenvalue weighted by atomic mass is 9.89. The summed E-state index contributed by atoms with van der Waals surface area (Å²) in [4.78, 5) is 14.3. The van der Waals surface area contributed by atoms with E-state index in [0.717, 1.165) is 49.8 Å². The predicted molar refractivity (Wildman–Crippen MR) is 111 cm³/mol. The van der Waals surface area contributed by atoms with E-state index < -0.39 is 0 Å². The number of aromatic nitrogens is 2. The third-order valence-corrected chi connectivity index (χ3v) is 7.84. The van der Waals surface area contributed by atoms with Crippen LogP contribution in [0.4, 0.5) is 5.82 Å². The minimum atomic E-state index is 0.345. The molecule has 0 aromatic carbocycles. The summed E-state index contributed by atoms with van der Waals surface area (Å²) in [5.41, 5.74) is 1.35. The normalized spacial score (nSPS) is 28.2. The second-order valence-electron chi connectivity index (χ2n) is 8.24. The minimum absolute atomic E-state index is 0.345. The molecule has 0 spiro atoms. The van der Waals surface area contributed by atoms with Crippen molar-refractivity contribution in [3.8, 4) is 6.07 Å². The number of thiophene rings is 1. The molecule has 6 nitrogen and oxygen atoms in total. The number of fused-ring (bicyclic) bond motifs is 3. The number of hydrogen-bond acceptors (Lipinski definition) is 7. The first-order valence-electron chi connectivity index (χ1n) is 10.5. The van der Waals surface area contributed by atoms with Gasteiger partial charge >= 0.3 is 0 Å². The number of nitrogens with one attached hydrogen (secondary N) is 1. The monoisotopic (exact) mass is 397 g/mol. The van der Waals surface area contributed by atoms with Gasteiger partial charge in [-0.15, -0.1) is 11.3 Å². The largest absolute Gasteiger partial charge is 0.379 e. The number of hydrogen-bond donors (Lipinski definition) is 1. The van der Waals surface area contributed by atoms with Gasteiger partial charge in [-0.2, -0.15) is 5.26 Å².